The van der Waals surface area contributed by atoms with Crippen LogP contribution in [-0.2, 0) is 0 Å². The molecule has 0 aliphatic rings. The maximum absolute atomic E-state index is 13.9. The number of rotatable bonds is 5. The Morgan fingerprint density at radius 2 is 1.95 bits per heavy atom. The molecule has 19 heavy (non-hydrogen) atoms. The first-order chi connectivity index (χ1) is 9.19. The Morgan fingerprint density at radius 1 is 1.26 bits per heavy atom. The van der Waals surface area contributed by atoms with Crippen LogP contribution in [0.1, 0.15) is 23.4 Å². The van der Waals surface area contributed by atoms with E-state index in [0.29, 0.717) is 12.3 Å². The van der Waals surface area contributed by atoms with Crippen molar-refractivity contribution in [2.45, 2.75) is 13.0 Å². The highest BCUT2D eigenvalue weighted by molar-refractivity contribution is 7.10. The summed E-state index contributed by atoms with van der Waals surface area (Å²) < 4.78 is 33.1. The van der Waals surface area contributed by atoms with Crippen LogP contribution in [0.3, 0.4) is 0 Å². The van der Waals surface area contributed by atoms with Crippen LogP contribution < -0.4 is 10.1 Å². The fraction of sp³-hybridized carbons (Fsp3) is 0.286. The van der Waals surface area contributed by atoms with Crippen LogP contribution in [0.5, 0.6) is 5.75 Å². The standard InChI is InChI=1S/C14H15F2NOS/c1-3-17-13(14-11(18-2)7-8-19-14)12-9(15)5-4-6-10(12)16/h4-8,13,17H,3H2,1-2H3. The summed E-state index contributed by atoms with van der Waals surface area (Å²) in [5.41, 5.74) is 0.0325. The van der Waals surface area contributed by atoms with E-state index in [0.717, 1.165) is 4.88 Å². The smallest absolute Gasteiger partial charge is 0.134 e. The largest absolute Gasteiger partial charge is 0.496 e. The molecule has 1 unspecified atom stereocenters. The third kappa shape index (κ3) is 2.77. The predicted octanol–water partition coefficient (Wildman–Crippen LogP) is 3.73. The van der Waals surface area contributed by atoms with Gasteiger partial charge in [0.05, 0.1) is 18.0 Å². The molecule has 0 aliphatic heterocycles. The van der Waals surface area contributed by atoms with Gasteiger partial charge in [0.25, 0.3) is 0 Å². The van der Waals surface area contributed by atoms with Crippen molar-refractivity contribution in [2.75, 3.05) is 13.7 Å². The van der Waals surface area contributed by atoms with E-state index in [1.165, 1.54) is 29.5 Å². The summed E-state index contributed by atoms with van der Waals surface area (Å²) in [4.78, 5) is 0.772. The summed E-state index contributed by atoms with van der Waals surface area (Å²) in [7, 11) is 1.55. The fourth-order valence-corrected chi connectivity index (χ4v) is 2.95. The molecule has 1 aromatic carbocycles. The van der Waals surface area contributed by atoms with Crippen molar-refractivity contribution < 1.29 is 13.5 Å². The van der Waals surface area contributed by atoms with E-state index in [2.05, 4.69) is 5.32 Å². The number of nitrogens with one attached hydrogen (secondary N) is 1. The number of halogens is 2. The van der Waals surface area contributed by atoms with Gasteiger partial charge in [0, 0.05) is 5.56 Å². The number of ether oxygens (including phenoxy) is 1. The number of hydrogen-bond acceptors (Lipinski definition) is 3. The molecule has 1 atom stereocenters. The monoisotopic (exact) mass is 283 g/mol. The Morgan fingerprint density at radius 3 is 2.53 bits per heavy atom. The molecule has 2 nitrogen and oxygen atoms in total. The molecule has 1 aromatic heterocycles. The van der Waals surface area contributed by atoms with Crippen molar-refractivity contribution >= 4 is 11.3 Å². The van der Waals surface area contributed by atoms with Crippen LogP contribution in [0, 0.1) is 11.6 Å². The molecule has 0 saturated heterocycles. The maximum Gasteiger partial charge on any atom is 0.134 e. The predicted molar refractivity (Wildman–Crippen MR) is 72.7 cm³/mol. The van der Waals surface area contributed by atoms with Crippen molar-refractivity contribution in [3.05, 3.63) is 51.7 Å². The molecular weight excluding hydrogens is 268 g/mol. The molecule has 5 heteroatoms. The lowest BCUT2D eigenvalue weighted by Crippen LogP contribution is -2.23. The number of hydrogen-bond donors (Lipinski definition) is 1. The van der Waals surface area contributed by atoms with Gasteiger partial charge in [-0.1, -0.05) is 13.0 Å². The highest BCUT2D eigenvalue weighted by Crippen LogP contribution is 2.36. The summed E-state index contributed by atoms with van der Waals surface area (Å²) in [5, 5.41) is 4.95. The first-order valence-corrected chi connectivity index (χ1v) is 6.85. The van der Waals surface area contributed by atoms with Gasteiger partial charge in [-0.05, 0) is 30.1 Å². The van der Waals surface area contributed by atoms with E-state index in [1.807, 2.05) is 12.3 Å². The molecule has 0 fully saturated rings. The summed E-state index contributed by atoms with van der Waals surface area (Å²) in [6, 6.07) is 5.15. The van der Waals surface area contributed by atoms with Crippen LogP contribution in [0.15, 0.2) is 29.6 Å². The van der Waals surface area contributed by atoms with Gasteiger partial charge in [0.15, 0.2) is 0 Å². The number of thiophene rings is 1. The van der Waals surface area contributed by atoms with E-state index in [1.54, 1.807) is 13.2 Å². The Balaban J connectivity index is 2.52. The van der Waals surface area contributed by atoms with Crippen molar-refractivity contribution in [2.24, 2.45) is 0 Å². The Kier molecular flexibility index (Phi) is 4.50. The van der Waals surface area contributed by atoms with E-state index < -0.39 is 17.7 Å². The number of methoxy groups -OCH3 is 1. The topological polar surface area (TPSA) is 21.3 Å². The summed E-state index contributed by atoms with van der Waals surface area (Å²) in [5.74, 6) is -0.471. The first kappa shape index (κ1) is 14.0. The molecule has 2 aromatic rings. The van der Waals surface area contributed by atoms with Gasteiger partial charge >= 0.3 is 0 Å². The first-order valence-electron chi connectivity index (χ1n) is 5.97. The minimum atomic E-state index is -0.554. The minimum absolute atomic E-state index is 0.0325. The van der Waals surface area contributed by atoms with Crippen LogP contribution in [0.4, 0.5) is 8.78 Å². The van der Waals surface area contributed by atoms with Gasteiger partial charge in [0.1, 0.15) is 17.4 Å². The van der Waals surface area contributed by atoms with Crippen LogP contribution in [0.25, 0.3) is 0 Å². The molecule has 102 valence electrons. The molecule has 0 saturated carbocycles. The molecule has 0 bridgehead atoms. The maximum atomic E-state index is 13.9. The van der Waals surface area contributed by atoms with E-state index >= 15 is 0 Å². The zero-order valence-corrected chi connectivity index (χ0v) is 11.6. The zero-order valence-electron chi connectivity index (χ0n) is 10.7. The third-order valence-electron chi connectivity index (χ3n) is 2.84. The van der Waals surface area contributed by atoms with Gasteiger partial charge in [0.2, 0.25) is 0 Å². The third-order valence-corrected chi connectivity index (χ3v) is 3.80. The Hall–Kier alpha value is -1.46. The van der Waals surface area contributed by atoms with Crippen molar-refractivity contribution in [1.29, 1.82) is 0 Å². The lowest BCUT2D eigenvalue weighted by Gasteiger charge is -2.19. The molecule has 2 rings (SSSR count). The molecule has 0 spiro atoms. The van der Waals surface area contributed by atoms with Crippen molar-refractivity contribution in [3.63, 3.8) is 0 Å². The summed E-state index contributed by atoms with van der Waals surface area (Å²) in [6.45, 7) is 2.49. The van der Waals surface area contributed by atoms with E-state index in [9.17, 15) is 8.78 Å². The second-order valence-electron chi connectivity index (χ2n) is 3.98. The van der Waals surface area contributed by atoms with Gasteiger partial charge in [-0.15, -0.1) is 11.3 Å². The molecule has 1 heterocycles. The molecule has 0 amide bonds. The van der Waals surface area contributed by atoms with Gasteiger partial charge in [-0.2, -0.15) is 0 Å². The van der Waals surface area contributed by atoms with Gasteiger partial charge < -0.3 is 10.1 Å². The highest BCUT2D eigenvalue weighted by Gasteiger charge is 2.24. The molecule has 1 N–H and O–H groups in total. The molecule has 0 aliphatic carbocycles. The molecule has 0 radical (unpaired) electrons. The minimum Gasteiger partial charge on any atom is -0.496 e. The lowest BCUT2D eigenvalue weighted by molar-refractivity contribution is 0.405. The highest BCUT2D eigenvalue weighted by atomic mass is 32.1. The quantitative estimate of drug-likeness (QED) is 0.902. The molecular formula is C14H15F2NOS. The van der Waals surface area contributed by atoms with Gasteiger partial charge in [-0.25, -0.2) is 8.78 Å². The fourth-order valence-electron chi connectivity index (χ4n) is 2.00. The van der Waals surface area contributed by atoms with Crippen LogP contribution in [0.2, 0.25) is 0 Å². The Labute approximate surface area is 115 Å². The van der Waals surface area contributed by atoms with Crippen LogP contribution >= 0.6 is 11.3 Å². The second kappa shape index (κ2) is 6.12. The van der Waals surface area contributed by atoms with Crippen molar-refractivity contribution in [1.82, 2.24) is 5.32 Å². The summed E-state index contributed by atoms with van der Waals surface area (Å²) >= 11 is 1.41. The van der Waals surface area contributed by atoms with E-state index in [4.69, 9.17) is 4.74 Å². The van der Waals surface area contributed by atoms with Crippen molar-refractivity contribution in [3.8, 4) is 5.75 Å². The van der Waals surface area contributed by atoms with E-state index in [-0.39, 0.29) is 5.56 Å². The normalized spacial score (nSPS) is 12.4. The second-order valence-corrected chi connectivity index (χ2v) is 4.93. The lowest BCUT2D eigenvalue weighted by atomic mass is 10.0. The van der Waals surface area contributed by atoms with Crippen LogP contribution in [-0.4, -0.2) is 13.7 Å². The average Bonchev–Trinajstić information content (AvgIpc) is 2.85. The summed E-state index contributed by atoms with van der Waals surface area (Å²) in [6.07, 6.45) is 0. The number of benzene rings is 1. The Bertz CT molecular complexity index is 536. The SMILES string of the molecule is CCNC(c1sccc1OC)c1c(F)cccc1F. The zero-order chi connectivity index (χ0) is 13.8. The van der Waals surface area contributed by atoms with Gasteiger partial charge in [-0.3, -0.25) is 0 Å². The average molecular weight is 283 g/mol.